The molecular formula is C74H44F6N8. The third-order valence-electron chi connectivity index (χ3n) is 15.8. The summed E-state index contributed by atoms with van der Waals surface area (Å²) in [5, 5.41) is 2.15. The summed E-state index contributed by atoms with van der Waals surface area (Å²) in [5.41, 5.74) is 9.58. The molecular weight excluding hydrogens is 1110 g/mol. The lowest BCUT2D eigenvalue weighted by Crippen LogP contribution is -2.05. The van der Waals surface area contributed by atoms with E-state index in [2.05, 4.69) is 6.07 Å². The molecule has 0 aliphatic heterocycles. The maximum atomic E-state index is 14.4. The van der Waals surface area contributed by atoms with Crippen LogP contribution in [0.2, 0.25) is 0 Å². The molecule has 11 aromatic carbocycles. The zero-order valence-corrected chi connectivity index (χ0v) is 46.2. The van der Waals surface area contributed by atoms with Gasteiger partial charge in [-0.05, 0) is 107 Å². The molecule has 15 aromatic rings. The van der Waals surface area contributed by atoms with Crippen LogP contribution >= 0.6 is 0 Å². The molecule has 0 N–H and O–H groups in total. The van der Waals surface area contributed by atoms with Crippen LogP contribution in [0.4, 0.5) is 26.3 Å². The molecule has 0 radical (unpaired) electrons. The fourth-order valence-electron chi connectivity index (χ4n) is 11.7. The Morgan fingerprint density at radius 3 is 1.07 bits per heavy atom. The number of halogens is 6. The molecule has 4 aromatic heterocycles. The van der Waals surface area contributed by atoms with Crippen molar-refractivity contribution in [1.29, 1.82) is 0 Å². The van der Waals surface area contributed by atoms with Crippen molar-refractivity contribution in [3.8, 4) is 102 Å². The van der Waals surface area contributed by atoms with Crippen LogP contribution in [0.3, 0.4) is 0 Å². The standard InChI is InChI=1S/C74H44F6N8/c75-73(76,77)54-33-36-64-59(43-54)57-28-13-15-30-62(57)87(64)56-40-52(39-53(41-56)71-83-67(45-18-5-1-6-19-45)81-68(84-71)46-20-7-2-8-21-46)50-27-17-26-49(38-50)51-32-35-66(88-63-31-16-14-29-58(63)60-44-55(74(78,79)80)34-37-65(60)88)61(42-51)72-85-69(47-22-9-3-10-23-47)82-70(86-72)48-24-11-4-12-25-48/h1-44H. The van der Waals surface area contributed by atoms with Crippen LogP contribution in [0.25, 0.3) is 146 Å². The number of hydrogen-bond acceptors (Lipinski definition) is 6. The molecule has 15 rings (SSSR count). The number of para-hydroxylation sites is 2. The maximum absolute atomic E-state index is 14.4. The fourth-order valence-corrected chi connectivity index (χ4v) is 11.7. The van der Waals surface area contributed by atoms with Crippen molar-refractivity contribution < 1.29 is 26.3 Å². The number of fused-ring (bicyclic) bond motifs is 6. The largest absolute Gasteiger partial charge is 0.416 e. The lowest BCUT2D eigenvalue weighted by atomic mass is 9.95. The zero-order chi connectivity index (χ0) is 59.7. The second-order valence-corrected chi connectivity index (χ2v) is 21.3. The number of alkyl halides is 6. The number of rotatable bonds is 10. The highest BCUT2D eigenvalue weighted by molar-refractivity contribution is 6.11. The lowest BCUT2D eigenvalue weighted by molar-refractivity contribution is -0.138. The van der Waals surface area contributed by atoms with Crippen molar-refractivity contribution >= 4 is 43.6 Å². The lowest BCUT2D eigenvalue weighted by Gasteiger charge is -2.17. The van der Waals surface area contributed by atoms with E-state index in [0.29, 0.717) is 101 Å². The molecule has 88 heavy (non-hydrogen) atoms. The third-order valence-corrected chi connectivity index (χ3v) is 15.8. The summed E-state index contributed by atoms with van der Waals surface area (Å²) in [5.74, 6) is 2.44. The van der Waals surface area contributed by atoms with Crippen molar-refractivity contribution in [2.45, 2.75) is 12.4 Å². The Labute approximate surface area is 499 Å². The normalized spacial score (nSPS) is 12.0. The molecule has 0 fully saturated rings. The summed E-state index contributed by atoms with van der Waals surface area (Å²) in [7, 11) is 0. The molecule has 0 saturated heterocycles. The molecule has 0 saturated carbocycles. The van der Waals surface area contributed by atoms with Crippen molar-refractivity contribution in [1.82, 2.24) is 39.0 Å². The van der Waals surface area contributed by atoms with Crippen LogP contribution in [0.5, 0.6) is 0 Å². The Bertz CT molecular complexity index is 5060. The van der Waals surface area contributed by atoms with E-state index in [0.717, 1.165) is 56.6 Å². The number of aromatic nitrogens is 8. The molecule has 422 valence electrons. The highest BCUT2D eigenvalue weighted by atomic mass is 19.4. The molecule has 0 bridgehead atoms. The maximum Gasteiger partial charge on any atom is 0.416 e. The summed E-state index contributed by atoms with van der Waals surface area (Å²) in [4.78, 5) is 30.6. The van der Waals surface area contributed by atoms with Crippen molar-refractivity contribution in [2.24, 2.45) is 0 Å². The summed E-state index contributed by atoms with van der Waals surface area (Å²) >= 11 is 0. The van der Waals surface area contributed by atoms with E-state index >= 15 is 0 Å². The van der Waals surface area contributed by atoms with E-state index in [1.165, 1.54) is 24.3 Å². The van der Waals surface area contributed by atoms with Gasteiger partial charge in [0.1, 0.15) is 0 Å². The second-order valence-electron chi connectivity index (χ2n) is 21.3. The Balaban J connectivity index is 0.959. The topological polar surface area (TPSA) is 87.2 Å². The first kappa shape index (κ1) is 53.4. The van der Waals surface area contributed by atoms with Crippen molar-refractivity contribution in [2.75, 3.05) is 0 Å². The monoisotopic (exact) mass is 1160 g/mol. The Hall–Kier alpha value is -11.4. The first-order chi connectivity index (χ1) is 42.9. The average molecular weight is 1160 g/mol. The van der Waals surface area contributed by atoms with Gasteiger partial charge >= 0.3 is 12.4 Å². The minimum atomic E-state index is -4.58. The average Bonchev–Trinajstić information content (AvgIpc) is 1.67. The van der Waals surface area contributed by atoms with E-state index in [4.69, 9.17) is 29.9 Å². The van der Waals surface area contributed by atoms with Crippen LogP contribution < -0.4 is 0 Å². The quantitative estimate of drug-likeness (QED) is 0.127. The van der Waals surface area contributed by atoms with Crippen molar-refractivity contribution in [3.63, 3.8) is 0 Å². The van der Waals surface area contributed by atoms with Gasteiger partial charge in [0.05, 0.1) is 38.9 Å². The van der Waals surface area contributed by atoms with Gasteiger partial charge in [-0.2, -0.15) is 26.3 Å². The number of benzene rings is 11. The molecule has 4 heterocycles. The molecule has 8 nitrogen and oxygen atoms in total. The Morgan fingerprint density at radius 1 is 0.239 bits per heavy atom. The summed E-state index contributed by atoms with van der Waals surface area (Å²) in [6, 6.07) is 80.9. The van der Waals surface area contributed by atoms with Crippen LogP contribution in [-0.2, 0) is 12.4 Å². The summed E-state index contributed by atoms with van der Waals surface area (Å²) in [6.07, 6.45) is -9.15. The van der Waals surface area contributed by atoms with Crippen LogP contribution in [0, 0.1) is 0 Å². The molecule has 0 aliphatic carbocycles. The van der Waals surface area contributed by atoms with E-state index in [1.807, 2.05) is 234 Å². The molecule has 0 spiro atoms. The first-order valence-electron chi connectivity index (χ1n) is 28.2. The van der Waals surface area contributed by atoms with E-state index in [9.17, 15) is 26.3 Å². The predicted octanol–water partition coefficient (Wildman–Crippen LogP) is 19.6. The van der Waals surface area contributed by atoms with Gasteiger partial charge in [0.2, 0.25) is 0 Å². The minimum Gasteiger partial charge on any atom is -0.309 e. The number of nitrogens with zero attached hydrogens (tertiary/aromatic N) is 8. The highest BCUT2D eigenvalue weighted by Crippen LogP contribution is 2.43. The number of hydrogen-bond donors (Lipinski definition) is 0. The van der Waals surface area contributed by atoms with Gasteiger partial charge in [0, 0.05) is 60.6 Å². The Kier molecular flexibility index (Phi) is 12.9. The first-order valence-corrected chi connectivity index (χ1v) is 28.2. The van der Waals surface area contributed by atoms with Crippen LogP contribution in [0.15, 0.2) is 267 Å². The van der Waals surface area contributed by atoms with Crippen LogP contribution in [-0.4, -0.2) is 39.0 Å². The molecule has 0 atom stereocenters. The van der Waals surface area contributed by atoms with E-state index in [-0.39, 0.29) is 0 Å². The third kappa shape index (κ3) is 9.75. The SMILES string of the molecule is FC(F)(F)c1ccc2c(c1)c1ccccc1n2-c1cc(-c2cccc(-c3ccc(-n4c5ccccc5c5cc(C(F)(F)F)ccc54)c(-c4nc(-c5ccccc5)nc(-c5ccccc5)n4)c3)c2)cc(-c2nc(-c3ccccc3)nc(-c3ccccc3)n2)c1. The summed E-state index contributed by atoms with van der Waals surface area (Å²) in [6.45, 7) is 0. The van der Waals surface area contributed by atoms with Gasteiger partial charge < -0.3 is 9.13 Å². The molecule has 0 amide bonds. The van der Waals surface area contributed by atoms with E-state index < -0.39 is 23.5 Å². The fraction of sp³-hybridized carbons (Fsp3) is 0.0270. The Morgan fingerprint density at radius 2 is 0.591 bits per heavy atom. The van der Waals surface area contributed by atoms with Gasteiger partial charge in [0.25, 0.3) is 0 Å². The molecule has 0 aliphatic rings. The highest BCUT2D eigenvalue weighted by Gasteiger charge is 2.33. The van der Waals surface area contributed by atoms with Crippen LogP contribution in [0.1, 0.15) is 11.1 Å². The second kappa shape index (κ2) is 21.3. The molecule has 0 unspecified atom stereocenters. The molecule has 14 heteroatoms. The van der Waals surface area contributed by atoms with Gasteiger partial charge in [0.15, 0.2) is 34.9 Å². The summed E-state index contributed by atoms with van der Waals surface area (Å²) < 4.78 is 90.6. The van der Waals surface area contributed by atoms with Gasteiger partial charge in [-0.25, -0.2) is 29.9 Å². The van der Waals surface area contributed by atoms with E-state index in [1.54, 1.807) is 0 Å². The van der Waals surface area contributed by atoms with Gasteiger partial charge in [-0.15, -0.1) is 0 Å². The minimum absolute atomic E-state index is 0.325. The predicted molar refractivity (Wildman–Crippen MR) is 335 cm³/mol. The smallest absolute Gasteiger partial charge is 0.309 e. The van der Waals surface area contributed by atoms with Crippen molar-refractivity contribution in [3.05, 3.63) is 278 Å². The van der Waals surface area contributed by atoms with Gasteiger partial charge in [-0.3, -0.25) is 0 Å². The van der Waals surface area contributed by atoms with Gasteiger partial charge in [-0.1, -0.05) is 182 Å². The zero-order valence-electron chi connectivity index (χ0n) is 46.2.